The lowest BCUT2D eigenvalue weighted by atomic mass is 9.96. The molecule has 2 aromatic heterocycles. The number of fused-ring (bicyclic) bond motifs is 1. The van der Waals surface area contributed by atoms with Gasteiger partial charge in [-0.3, -0.25) is 9.36 Å². The number of halogens is 1. The van der Waals surface area contributed by atoms with Crippen LogP contribution < -0.4 is 24.5 Å². The molecule has 38 heavy (non-hydrogen) atoms. The number of anilines is 1. The molecule has 1 atom stereocenters. The molecule has 2 aliphatic rings. The molecule has 11 heteroatoms. The number of thiazole rings is 1. The van der Waals surface area contributed by atoms with Gasteiger partial charge in [0.1, 0.15) is 11.5 Å². The van der Waals surface area contributed by atoms with Gasteiger partial charge in [-0.1, -0.05) is 17.4 Å². The average Bonchev–Trinajstić information content (AvgIpc) is 3.48. The Morgan fingerprint density at radius 1 is 1.24 bits per heavy atom. The van der Waals surface area contributed by atoms with Crippen LogP contribution in [0.25, 0.3) is 6.08 Å². The van der Waals surface area contributed by atoms with Crippen LogP contribution >= 0.6 is 27.3 Å². The van der Waals surface area contributed by atoms with Crippen molar-refractivity contribution in [1.82, 2.24) is 9.47 Å². The molecule has 1 fully saturated rings. The minimum atomic E-state index is -0.702. The van der Waals surface area contributed by atoms with E-state index in [1.54, 1.807) is 37.7 Å². The SMILES string of the molecule is CCOC(=O)C1=C(C)N=c2sc(=Cc3ccc(N4CCN(C)CC4)o3)c(=O)n2C1c1ccc(OC)c(Br)c1. The highest BCUT2D eigenvalue weighted by atomic mass is 79.9. The fourth-order valence-electron chi connectivity index (χ4n) is 4.71. The van der Waals surface area contributed by atoms with E-state index >= 15 is 0 Å². The number of benzene rings is 1. The maximum atomic E-state index is 13.8. The fraction of sp³-hybridized carbons (Fsp3) is 0.370. The van der Waals surface area contributed by atoms with Gasteiger partial charge in [-0.05, 0) is 60.6 Å². The van der Waals surface area contributed by atoms with E-state index in [-0.39, 0.29) is 12.2 Å². The Morgan fingerprint density at radius 3 is 2.68 bits per heavy atom. The van der Waals surface area contributed by atoms with Gasteiger partial charge in [0.25, 0.3) is 5.56 Å². The Hall–Kier alpha value is -3.15. The molecule has 9 nitrogen and oxygen atoms in total. The molecule has 0 radical (unpaired) electrons. The maximum absolute atomic E-state index is 13.8. The molecule has 1 unspecified atom stereocenters. The zero-order valence-electron chi connectivity index (χ0n) is 21.7. The Labute approximate surface area is 232 Å². The van der Waals surface area contributed by atoms with Crippen LogP contribution in [0.1, 0.15) is 31.2 Å². The molecule has 200 valence electrons. The Morgan fingerprint density at radius 2 is 2.00 bits per heavy atom. The third-order valence-electron chi connectivity index (χ3n) is 6.71. The van der Waals surface area contributed by atoms with Crippen LogP contribution in [0.3, 0.4) is 0 Å². The third-order valence-corrected chi connectivity index (χ3v) is 8.31. The minimum Gasteiger partial charge on any atom is -0.496 e. The summed E-state index contributed by atoms with van der Waals surface area (Å²) >= 11 is 4.80. The Bertz CT molecular complexity index is 1580. The standard InChI is InChI=1S/C27H29BrN4O5S/c1-5-36-26(34)23-16(2)29-27-32(24(23)17-6-8-20(35-4)19(28)14-17)25(33)21(38-27)15-18-7-9-22(37-18)31-12-10-30(3)11-13-31/h6-9,14-15,24H,5,10-13H2,1-4H3. The van der Waals surface area contributed by atoms with E-state index in [0.717, 1.165) is 37.6 Å². The van der Waals surface area contributed by atoms with Gasteiger partial charge in [0.05, 0.1) is 40.0 Å². The number of rotatable bonds is 6. The predicted octanol–water partition coefficient (Wildman–Crippen LogP) is 2.91. The largest absolute Gasteiger partial charge is 0.496 e. The number of hydrogen-bond donors (Lipinski definition) is 0. The number of likely N-dealkylation sites (N-methyl/N-ethyl adjacent to an activating group) is 1. The Kier molecular flexibility index (Phi) is 7.60. The van der Waals surface area contributed by atoms with Gasteiger partial charge in [-0.2, -0.15) is 0 Å². The number of carbonyl (C=O) groups is 1. The van der Waals surface area contributed by atoms with Gasteiger partial charge >= 0.3 is 5.97 Å². The molecule has 0 amide bonds. The molecule has 2 aliphatic heterocycles. The van der Waals surface area contributed by atoms with Crippen LogP contribution in [-0.2, 0) is 9.53 Å². The molecular formula is C27H29BrN4O5S. The van der Waals surface area contributed by atoms with Gasteiger partial charge in [0.2, 0.25) is 0 Å². The van der Waals surface area contributed by atoms with E-state index < -0.39 is 12.0 Å². The molecule has 0 saturated carbocycles. The normalized spacial score (nSPS) is 18.4. The lowest BCUT2D eigenvalue weighted by molar-refractivity contribution is -0.139. The van der Waals surface area contributed by atoms with Gasteiger partial charge in [0.15, 0.2) is 10.7 Å². The van der Waals surface area contributed by atoms with Crippen molar-refractivity contribution in [3.8, 4) is 5.75 Å². The van der Waals surface area contributed by atoms with E-state index in [9.17, 15) is 9.59 Å². The van der Waals surface area contributed by atoms with Crippen molar-refractivity contribution in [2.75, 3.05) is 51.8 Å². The third kappa shape index (κ3) is 4.97. The summed E-state index contributed by atoms with van der Waals surface area (Å²) in [4.78, 5) is 36.5. The first kappa shape index (κ1) is 26.5. The maximum Gasteiger partial charge on any atom is 0.338 e. The van der Waals surface area contributed by atoms with Crippen LogP contribution in [0.15, 0.2) is 60.3 Å². The molecule has 0 N–H and O–H groups in total. The van der Waals surface area contributed by atoms with Crippen molar-refractivity contribution in [1.29, 1.82) is 0 Å². The van der Waals surface area contributed by atoms with Crippen molar-refractivity contribution in [3.63, 3.8) is 0 Å². The number of nitrogens with zero attached hydrogens (tertiary/aromatic N) is 4. The topological polar surface area (TPSA) is 89.5 Å². The first-order chi connectivity index (χ1) is 18.3. The summed E-state index contributed by atoms with van der Waals surface area (Å²) in [5, 5.41) is 0. The highest BCUT2D eigenvalue weighted by molar-refractivity contribution is 9.10. The van der Waals surface area contributed by atoms with Crippen molar-refractivity contribution >= 4 is 45.2 Å². The van der Waals surface area contributed by atoms with E-state index in [1.807, 2.05) is 24.3 Å². The molecule has 0 spiro atoms. The summed E-state index contributed by atoms with van der Waals surface area (Å²) in [5.41, 5.74) is 1.33. The molecule has 5 rings (SSSR count). The lowest BCUT2D eigenvalue weighted by Gasteiger charge is -2.32. The fourth-order valence-corrected chi connectivity index (χ4v) is 6.29. The smallest absolute Gasteiger partial charge is 0.338 e. The number of piperazine rings is 1. The van der Waals surface area contributed by atoms with Crippen molar-refractivity contribution in [3.05, 3.63) is 77.1 Å². The number of esters is 1. The van der Waals surface area contributed by atoms with Crippen LogP contribution in [0, 0.1) is 0 Å². The summed E-state index contributed by atoms with van der Waals surface area (Å²) < 4.78 is 19.6. The minimum absolute atomic E-state index is 0.215. The van der Waals surface area contributed by atoms with Gasteiger partial charge in [-0.25, -0.2) is 9.79 Å². The Balaban J connectivity index is 1.59. The van der Waals surface area contributed by atoms with Crippen LogP contribution in [0.2, 0.25) is 0 Å². The zero-order chi connectivity index (χ0) is 27.0. The van der Waals surface area contributed by atoms with Crippen molar-refractivity contribution in [2.24, 2.45) is 4.99 Å². The average molecular weight is 602 g/mol. The highest BCUT2D eigenvalue weighted by Gasteiger charge is 2.33. The quantitative estimate of drug-likeness (QED) is 0.402. The summed E-state index contributed by atoms with van der Waals surface area (Å²) in [6.07, 6.45) is 1.74. The monoisotopic (exact) mass is 600 g/mol. The van der Waals surface area contributed by atoms with Crippen molar-refractivity contribution < 1.29 is 18.7 Å². The van der Waals surface area contributed by atoms with Gasteiger partial charge in [-0.15, -0.1) is 0 Å². The second kappa shape index (κ2) is 10.9. The summed E-state index contributed by atoms with van der Waals surface area (Å²) in [7, 11) is 3.69. The second-order valence-corrected chi connectivity index (χ2v) is 11.0. The molecule has 1 saturated heterocycles. The van der Waals surface area contributed by atoms with E-state index in [1.165, 1.54) is 11.3 Å². The number of methoxy groups -OCH3 is 1. The second-order valence-electron chi connectivity index (χ2n) is 9.16. The zero-order valence-corrected chi connectivity index (χ0v) is 24.1. The first-order valence-electron chi connectivity index (χ1n) is 12.4. The highest BCUT2D eigenvalue weighted by Crippen LogP contribution is 2.35. The first-order valence-corrected chi connectivity index (χ1v) is 14.0. The van der Waals surface area contributed by atoms with Gasteiger partial charge < -0.3 is 23.7 Å². The molecule has 0 bridgehead atoms. The number of furan rings is 1. The van der Waals surface area contributed by atoms with Crippen LogP contribution in [0.5, 0.6) is 5.75 Å². The van der Waals surface area contributed by atoms with Crippen LogP contribution in [0.4, 0.5) is 5.88 Å². The molecule has 4 heterocycles. The van der Waals surface area contributed by atoms with E-state index in [0.29, 0.717) is 36.6 Å². The number of hydrogen-bond acceptors (Lipinski definition) is 9. The van der Waals surface area contributed by atoms with E-state index in [2.05, 4.69) is 37.8 Å². The molecule has 0 aliphatic carbocycles. The molecule has 1 aromatic carbocycles. The molecule has 3 aromatic rings. The number of allylic oxidation sites excluding steroid dienone is 1. The van der Waals surface area contributed by atoms with E-state index in [4.69, 9.17) is 13.9 Å². The number of carbonyl (C=O) groups excluding carboxylic acids is 1. The lowest BCUT2D eigenvalue weighted by Crippen LogP contribution is -2.44. The molecular weight excluding hydrogens is 572 g/mol. The summed E-state index contributed by atoms with van der Waals surface area (Å²) in [5.74, 6) is 1.53. The van der Waals surface area contributed by atoms with Crippen LogP contribution in [-0.4, -0.2) is 62.4 Å². The van der Waals surface area contributed by atoms with Crippen molar-refractivity contribution in [2.45, 2.75) is 19.9 Å². The summed E-state index contributed by atoms with van der Waals surface area (Å²) in [6, 6.07) is 8.61. The predicted molar refractivity (Wildman–Crippen MR) is 150 cm³/mol. The number of ether oxygens (including phenoxy) is 2. The number of aromatic nitrogens is 1. The van der Waals surface area contributed by atoms with Gasteiger partial charge in [0, 0.05) is 38.3 Å². The summed E-state index contributed by atoms with van der Waals surface area (Å²) in [6.45, 7) is 7.45.